The van der Waals surface area contributed by atoms with Gasteiger partial charge in [0.2, 0.25) is 5.91 Å². The lowest BCUT2D eigenvalue weighted by molar-refractivity contribution is -0.154. The van der Waals surface area contributed by atoms with E-state index < -0.39 is 0 Å². The second-order valence-corrected chi connectivity index (χ2v) is 5.37. The fourth-order valence-electron chi connectivity index (χ4n) is 3.29. The summed E-state index contributed by atoms with van der Waals surface area (Å²) in [5.41, 5.74) is 0. The zero-order valence-corrected chi connectivity index (χ0v) is 10.8. The molecular formula is C13H22N2O3. The molecule has 1 amide bonds. The number of carbonyl (C=O) groups excluding carboxylic acids is 1. The number of amides is 1. The number of fused-ring (bicyclic) bond motifs is 1. The summed E-state index contributed by atoms with van der Waals surface area (Å²) in [4.78, 5) is 14.6. The normalized spacial score (nSPS) is 37.1. The third-order valence-electron chi connectivity index (χ3n) is 4.23. The Morgan fingerprint density at radius 2 is 2.11 bits per heavy atom. The Kier molecular flexibility index (Phi) is 3.82. The molecule has 3 aliphatic rings. The minimum absolute atomic E-state index is 0.153. The number of hydrogen-bond donors (Lipinski definition) is 1. The lowest BCUT2D eigenvalue weighted by Crippen LogP contribution is -2.61. The monoisotopic (exact) mass is 254 g/mol. The van der Waals surface area contributed by atoms with Gasteiger partial charge in [0.25, 0.3) is 0 Å². The molecule has 0 radical (unpaired) electrons. The molecule has 18 heavy (non-hydrogen) atoms. The van der Waals surface area contributed by atoms with Gasteiger partial charge in [-0.05, 0) is 12.8 Å². The second-order valence-electron chi connectivity index (χ2n) is 5.37. The number of nitrogens with one attached hydrogen (secondary N) is 1. The molecule has 2 saturated heterocycles. The summed E-state index contributed by atoms with van der Waals surface area (Å²) in [5, 5.41) is 3.25. The Labute approximate surface area is 108 Å². The van der Waals surface area contributed by atoms with Crippen LogP contribution in [0.2, 0.25) is 0 Å². The zero-order valence-electron chi connectivity index (χ0n) is 10.8. The molecule has 0 bridgehead atoms. The average Bonchev–Trinajstić information content (AvgIpc) is 2.47. The van der Waals surface area contributed by atoms with E-state index in [-0.39, 0.29) is 18.1 Å². The highest BCUT2D eigenvalue weighted by Gasteiger charge is 2.39. The Morgan fingerprint density at radius 1 is 1.22 bits per heavy atom. The molecule has 3 unspecified atom stereocenters. The van der Waals surface area contributed by atoms with Gasteiger partial charge in [-0.15, -0.1) is 0 Å². The molecule has 5 heteroatoms. The van der Waals surface area contributed by atoms with Crippen LogP contribution in [0, 0.1) is 0 Å². The molecule has 1 N–H and O–H groups in total. The van der Waals surface area contributed by atoms with Crippen molar-refractivity contribution in [2.24, 2.45) is 0 Å². The van der Waals surface area contributed by atoms with Gasteiger partial charge in [0, 0.05) is 13.1 Å². The Bertz CT molecular complexity index is 303. The molecule has 2 aliphatic heterocycles. The van der Waals surface area contributed by atoms with Crippen molar-refractivity contribution in [3.63, 3.8) is 0 Å². The molecule has 0 aromatic heterocycles. The number of hydrogen-bond acceptors (Lipinski definition) is 4. The first-order valence-electron chi connectivity index (χ1n) is 7.09. The van der Waals surface area contributed by atoms with E-state index in [1.54, 1.807) is 0 Å². The summed E-state index contributed by atoms with van der Waals surface area (Å²) in [7, 11) is 0. The van der Waals surface area contributed by atoms with Gasteiger partial charge in [-0.25, -0.2) is 0 Å². The van der Waals surface area contributed by atoms with Crippen LogP contribution in [0.1, 0.15) is 25.7 Å². The molecule has 5 nitrogen and oxygen atoms in total. The number of rotatable bonds is 1. The van der Waals surface area contributed by atoms with E-state index in [0.29, 0.717) is 25.9 Å². The first kappa shape index (κ1) is 12.4. The van der Waals surface area contributed by atoms with Crippen molar-refractivity contribution < 1.29 is 14.3 Å². The van der Waals surface area contributed by atoms with Crippen LogP contribution < -0.4 is 5.32 Å². The molecule has 0 aromatic carbocycles. The number of morpholine rings is 2. The standard InChI is InChI=1S/C13H22N2O3/c16-13(10-9-17-7-5-14-10)15-6-8-18-12-4-2-1-3-11(12)15/h10-12,14H,1-9H2. The maximum Gasteiger partial charge on any atom is 0.242 e. The van der Waals surface area contributed by atoms with E-state index in [0.717, 1.165) is 25.9 Å². The van der Waals surface area contributed by atoms with Crippen molar-refractivity contribution in [2.45, 2.75) is 43.9 Å². The second kappa shape index (κ2) is 5.55. The van der Waals surface area contributed by atoms with Crippen molar-refractivity contribution >= 4 is 5.91 Å². The first-order valence-corrected chi connectivity index (χ1v) is 7.09. The van der Waals surface area contributed by atoms with Gasteiger partial charge in [0.05, 0.1) is 32.0 Å². The van der Waals surface area contributed by atoms with Crippen LogP contribution in [0.15, 0.2) is 0 Å². The fourth-order valence-corrected chi connectivity index (χ4v) is 3.29. The highest BCUT2D eigenvalue weighted by atomic mass is 16.5. The lowest BCUT2D eigenvalue weighted by Gasteiger charge is -2.45. The Balaban J connectivity index is 1.67. The molecule has 3 atom stereocenters. The first-order chi connectivity index (χ1) is 8.86. The highest BCUT2D eigenvalue weighted by molar-refractivity contribution is 5.82. The van der Waals surface area contributed by atoms with Crippen molar-refractivity contribution in [3.8, 4) is 0 Å². The van der Waals surface area contributed by atoms with Crippen LogP contribution in [0.4, 0.5) is 0 Å². The number of nitrogens with zero attached hydrogens (tertiary/aromatic N) is 1. The van der Waals surface area contributed by atoms with E-state index in [2.05, 4.69) is 5.32 Å². The Hall–Kier alpha value is -0.650. The predicted molar refractivity (Wildman–Crippen MR) is 66.3 cm³/mol. The van der Waals surface area contributed by atoms with Crippen molar-refractivity contribution in [3.05, 3.63) is 0 Å². The molecule has 3 rings (SSSR count). The summed E-state index contributed by atoms with van der Waals surface area (Å²) in [5.74, 6) is 0.204. The minimum atomic E-state index is -0.153. The third-order valence-corrected chi connectivity index (χ3v) is 4.23. The van der Waals surface area contributed by atoms with Crippen molar-refractivity contribution in [1.82, 2.24) is 10.2 Å². The SMILES string of the molecule is O=C(C1COCCN1)N1CCOC2CCCCC21. The zero-order chi connectivity index (χ0) is 12.4. The molecule has 102 valence electrons. The number of ether oxygens (including phenoxy) is 2. The highest BCUT2D eigenvalue weighted by Crippen LogP contribution is 2.28. The number of carbonyl (C=O) groups is 1. The quantitative estimate of drug-likeness (QED) is 0.723. The maximum atomic E-state index is 12.5. The maximum absolute atomic E-state index is 12.5. The van der Waals surface area contributed by atoms with Gasteiger partial charge < -0.3 is 19.7 Å². The van der Waals surface area contributed by atoms with Crippen LogP contribution in [0.3, 0.4) is 0 Å². The van der Waals surface area contributed by atoms with E-state index >= 15 is 0 Å². The van der Waals surface area contributed by atoms with E-state index in [1.165, 1.54) is 12.8 Å². The summed E-state index contributed by atoms with van der Waals surface area (Å²) in [6, 6.07) is 0.142. The smallest absolute Gasteiger partial charge is 0.242 e. The minimum Gasteiger partial charge on any atom is -0.378 e. The van der Waals surface area contributed by atoms with Crippen molar-refractivity contribution in [1.29, 1.82) is 0 Å². The van der Waals surface area contributed by atoms with Gasteiger partial charge in [0.1, 0.15) is 6.04 Å². The van der Waals surface area contributed by atoms with Gasteiger partial charge in [-0.3, -0.25) is 4.79 Å². The topological polar surface area (TPSA) is 50.8 Å². The summed E-state index contributed by atoms with van der Waals surface area (Å²) >= 11 is 0. The van der Waals surface area contributed by atoms with Gasteiger partial charge in [0.15, 0.2) is 0 Å². The molecule has 0 aromatic rings. The summed E-state index contributed by atoms with van der Waals surface area (Å²) in [6.07, 6.45) is 4.89. The third kappa shape index (κ3) is 2.39. The molecule has 1 aliphatic carbocycles. The van der Waals surface area contributed by atoms with Gasteiger partial charge >= 0.3 is 0 Å². The van der Waals surface area contributed by atoms with Crippen LogP contribution in [0.5, 0.6) is 0 Å². The van der Waals surface area contributed by atoms with Crippen LogP contribution in [0.25, 0.3) is 0 Å². The van der Waals surface area contributed by atoms with E-state index in [4.69, 9.17) is 9.47 Å². The molecule has 0 spiro atoms. The van der Waals surface area contributed by atoms with E-state index in [1.807, 2.05) is 4.90 Å². The average molecular weight is 254 g/mol. The molecule has 2 heterocycles. The summed E-state index contributed by atoms with van der Waals surface area (Å²) < 4.78 is 11.2. The lowest BCUT2D eigenvalue weighted by atomic mass is 9.89. The Morgan fingerprint density at radius 3 is 2.94 bits per heavy atom. The van der Waals surface area contributed by atoms with Gasteiger partial charge in [-0.1, -0.05) is 12.8 Å². The van der Waals surface area contributed by atoms with Crippen LogP contribution >= 0.6 is 0 Å². The predicted octanol–water partition coefficient (Wildman–Crippen LogP) is 0.145. The van der Waals surface area contributed by atoms with Gasteiger partial charge in [-0.2, -0.15) is 0 Å². The fraction of sp³-hybridized carbons (Fsp3) is 0.923. The van der Waals surface area contributed by atoms with E-state index in [9.17, 15) is 4.79 Å². The molecule has 3 fully saturated rings. The van der Waals surface area contributed by atoms with Crippen LogP contribution in [-0.4, -0.2) is 61.9 Å². The van der Waals surface area contributed by atoms with Crippen molar-refractivity contribution in [2.75, 3.05) is 32.9 Å². The van der Waals surface area contributed by atoms with Crippen LogP contribution in [-0.2, 0) is 14.3 Å². The molecular weight excluding hydrogens is 232 g/mol. The largest absolute Gasteiger partial charge is 0.378 e. The summed E-state index contributed by atoms with van der Waals surface area (Å²) in [6.45, 7) is 3.40. The molecule has 1 saturated carbocycles.